The van der Waals surface area contributed by atoms with Crippen molar-refractivity contribution in [1.82, 2.24) is 9.47 Å². The zero-order chi connectivity index (χ0) is 29.0. The smallest absolute Gasteiger partial charge is 0.357 e. The summed E-state index contributed by atoms with van der Waals surface area (Å²) < 4.78 is 20.9. The molecule has 43 heavy (non-hydrogen) atoms. The van der Waals surface area contributed by atoms with Gasteiger partial charge in [-0.2, -0.15) is 0 Å². The molecular weight excluding hydrogens is 571 g/mol. The van der Waals surface area contributed by atoms with E-state index in [9.17, 15) is 18.8 Å². The average Bonchev–Trinajstić information content (AvgIpc) is 3.69. The van der Waals surface area contributed by atoms with Gasteiger partial charge in [-0.1, -0.05) is 32.1 Å². The summed E-state index contributed by atoms with van der Waals surface area (Å²) in [5.41, 5.74) is 7.60. The van der Waals surface area contributed by atoms with E-state index < -0.39 is 24.5 Å². The van der Waals surface area contributed by atoms with E-state index in [0.29, 0.717) is 36.7 Å². The molecule has 3 N–H and O–H groups in total. The van der Waals surface area contributed by atoms with Crippen molar-refractivity contribution in [3.05, 3.63) is 30.0 Å². The number of hydrogen-bond donors (Lipinski definition) is 2. The third kappa shape index (κ3) is 5.24. The first-order valence-corrected chi connectivity index (χ1v) is 16.2. The van der Waals surface area contributed by atoms with Gasteiger partial charge >= 0.3 is 5.97 Å². The first kappa shape index (κ1) is 30.4. The van der Waals surface area contributed by atoms with E-state index in [1.807, 2.05) is 33.7 Å². The van der Waals surface area contributed by atoms with Crippen LogP contribution in [0.15, 0.2) is 24.3 Å². The molecule has 7 rings (SSSR count). The first-order valence-electron chi connectivity index (χ1n) is 16.2. The lowest BCUT2D eigenvalue weighted by Crippen LogP contribution is -2.50. The summed E-state index contributed by atoms with van der Waals surface area (Å²) >= 11 is 0. The van der Waals surface area contributed by atoms with Gasteiger partial charge in [0, 0.05) is 42.4 Å². The van der Waals surface area contributed by atoms with Crippen LogP contribution in [-0.4, -0.2) is 52.6 Å². The third-order valence-corrected chi connectivity index (χ3v) is 11.3. The molecule has 5 aliphatic rings. The standard InChI is InChI=1S/C33H43FN4O4.ClH/c34-19-26(35)21-7-9-22(10-8-21)31(40)37-16-13-25(20-5-2-1-3-6-20)29(37)30(39)36-24-11-12-27-23(17-24)18-28-32(41)42-33(38(27)28)14-4-15-33;/h11-12,17-18,20-22,25-26,29H,1-10,13-16,19,35H2,(H,36,39);1H/t21-,22-,25-,26+,29-;/m0./s1. The maximum absolute atomic E-state index is 14.1. The number of esters is 1. The maximum atomic E-state index is 14.1. The number of nitrogens with two attached hydrogens (primary N) is 1. The SMILES string of the molecule is Cl.N[C@H](CF)[C@H]1CC[C@H](C(=O)N2CC[C@@H](C3CCCCC3)[C@H]2C(=O)Nc2ccc3c(c2)cc2n3C3(CCC3)OC2=O)CC1. The number of anilines is 1. The molecule has 8 nitrogen and oxygen atoms in total. The van der Waals surface area contributed by atoms with Crippen LogP contribution in [0.5, 0.6) is 0 Å². The summed E-state index contributed by atoms with van der Waals surface area (Å²) in [7, 11) is 0. The molecule has 3 heterocycles. The number of amides is 2. The van der Waals surface area contributed by atoms with Crippen molar-refractivity contribution in [2.45, 2.75) is 101 Å². The Balaban J connectivity index is 0.00000329. The second-order valence-corrected chi connectivity index (χ2v) is 13.6. The van der Waals surface area contributed by atoms with E-state index in [1.165, 1.54) is 19.3 Å². The minimum atomic E-state index is -0.549. The molecule has 234 valence electrons. The normalized spacial score (nSPS) is 29.1. The fourth-order valence-electron chi connectivity index (χ4n) is 8.78. The largest absolute Gasteiger partial charge is 0.434 e. The molecule has 3 atom stereocenters. The van der Waals surface area contributed by atoms with Crippen molar-refractivity contribution >= 4 is 46.8 Å². The Morgan fingerprint density at radius 3 is 2.44 bits per heavy atom. The topological polar surface area (TPSA) is 107 Å². The number of aromatic nitrogens is 1. The third-order valence-electron chi connectivity index (χ3n) is 11.3. The molecule has 0 radical (unpaired) electrons. The van der Waals surface area contributed by atoms with Gasteiger partial charge in [0.05, 0.1) is 5.52 Å². The zero-order valence-corrected chi connectivity index (χ0v) is 25.6. The Hall–Kier alpha value is -2.65. The van der Waals surface area contributed by atoms with Gasteiger partial charge in [-0.05, 0) is 80.5 Å². The lowest BCUT2D eigenvalue weighted by molar-refractivity contribution is -0.142. The van der Waals surface area contributed by atoms with Crippen LogP contribution < -0.4 is 11.1 Å². The van der Waals surface area contributed by atoms with E-state index in [-0.39, 0.29) is 47.9 Å². The van der Waals surface area contributed by atoms with E-state index in [2.05, 4.69) is 5.32 Å². The number of fused-ring (bicyclic) bond motifs is 4. The summed E-state index contributed by atoms with van der Waals surface area (Å²) in [6.45, 7) is 0.0843. The number of hydrogen-bond acceptors (Lipinski definition) is 5. The number of rotatable bonds is 6. The van der Waals surface area contributed by atoms with Crippen LogP contribution in [0, 0.1) is 23.7 Å². The molecule has 0 bridgehead atoms. The number of benzene rings is 1. The highest BCUT2D eigenvalue weighted by molar-refractivity contribution is 6.02. The summed E-state index contributed by atoms with van der Waals surface area (Å²) in [6, 6.07) is 6.72. The van der Waals surface area contributed by atoms with Gasteiger partial charge in [0.25, 0.3) is 0 Å². The van der Waals surface area contributed by atoms with E-state index >= 15 is 0 Å². The number of carbonyl (C=O) groups is 3. The molecule has 10 heteroatoms. The van der Waals surface area contributed by atoms with Gasteiger partial charge in [-0.3, -0.25) is 14.2 Å². The molecule has 0 unspecified atom stereocenters. The van der Waals surface area contributed by atoms with Crippen molar-refractivity contribution in [3.63, 3.8) is 0 Å². The number of likely N-dealkylation sites (tertiary alicyclic amines) is 1. The highest BCUT2D eigenvalue weighted by Crippen LogP contribution is 2.48. The van der Waals surface area contributed by atoms with Crippen LogP contribution in [-0.2, 0) is 20.1 Å². The van der Waals surface area contributed by atoms with Crippen LogP contribution in [0.25, 0.3) is 10.9 Å². The molecule has 2 aromatic rings. The molecular formula is C33H44ClFN4O4. The maximum Gasteiger partial charge on any atom is 0.357 e. The Bertz CT molecular complexity index is 1380. The van der Waals surface area contributed by atoms with Crippen molar-refractivity contribution in [2.24, 2.45) is 29.4 Å². The number of halogens is 2. The van der Waals surface area contributed by atoms with Crippen molar-refractivity contribution in [3.8, 4) is 0 Å². The lowest BCUT2D eigenvalue weighted by atomic mass is 9.76. The molecule has 2 aliphatic heterocycles. The Labute approximate surface area is 258 Å². The first-order chi connectivity index (χ1) is 20.4. The molecule has 4 fully saturated rings. The second-order valence-electron chi connectivity index (χ2n) is 13.6. The molecule has 2 amide bonds. The van der Waals surface area contributed by atoms with Crippen molar-refractivity contribution < 1.29 is 23.5 Å². The quantitative estimate of drug-likeness (QED) is 0.394. The Kier molecular flexibility index (Phi) is 8.50. The summed E-state index contributed by atoms with van der Waals surface area (Å²) in [5.74, 6) is 0.265. The lowest BCUT2D eigenvalue weighted by Gasteiger charge is -2.38. The van der Waals surface area contributed by atoms with Gasteiger partial charge in [0.1, 0.15) is 18.4 Å². The number of carbonyl (C=O) groups excluding carboxylic acids is 3. The van der Waals surface area contributed by atoms with Crippen molar-refractivity contribution in [1.29, 1.82) is 0 Å². The van der Waals surface area contributed by atoms with Crippen LogP contribution in [0.4, 0.5) is 10.1 Å². The van der Waals surface area contributed by atoms with Gasteiger partial charge in [0.15, 0.2) is 5.72 Å². The van der Waals surface area contributed by atoms with E-state index in [0.717, 1.165) is 62.3 Å². The fourth-order valence-corrected chi connectivity index (χ4v) is 8.78. The van der Waals surface area contributed by atoms with Crippen LogP contribution in [0.1, 0.15) is 94.0 Å². The predicted molar refractivity (Wildman–Crippen MR) is 165 cm³/mol. The minimum absolute atomic E-state index is 0. The highest BCUT2D eigenvalue weighted by atomic mass is 35.5. The zero-order valence-electron chi connectivity index (χ0n) is 24.8. The molecule has 3 aliphatic carbocycles. The van der Waals surface area contributed by atoms with Crippen LogP contribution in [0.2, 0.25) is 0 Å². The highest BCUT2D eigenvalue weighted by Gasteiger charge is 2.51. The number of nitrogens with one attached hydrogen (secondary N) is 1. The van der Waals surface area contributed by atoms with Crippen molar-refractivity contribution in [2.75, 3.05) is 18.5 Å². The average molecular weight is 615 g/mol. The monoisotopic (exact) mass is 614 g/mol. The molecule has 1 saturated heterocycles. The van der Waals surface area contributed by atoms with Crippen LogP contribution >= 0.6 is 12.4 Å². The van der Waals surface area contributed by atoms with E-state index in [1.54, 1.807) is 0 Å². The summed E-state index contributed by atoms with van der Waals surface area (Å²) in [5, 5.41) is 4.07. The summed E-state index contributed by atoms with van der Waals surface area (Å²) in [4.78, 5) is 42.5. The fraction of sp³-hybridized carbons (Fsp3) is 0.667. The molecule has 1 aromatic heterocycles. The molecule has 3 saturated carbocycles. The molecule has 1 spiro atoms. The van der Waals surface area contributed by atoms with Gasteiger partial charge in [-0.15, -0.1) is 12.4 Å². The predicted octanol–water partition coefficient (Wildman–Crippen LogP) is 5.91. The second kappa shape index (κ2) is 12.0. The van der Waals surface area contributed by atoms with Gasteiger partial charge in [-0.25, -0.2) is 9.18 Å². The van der Waals surface area contributed by atoms with E-state index in [4.69, 9.17) is 10.5 Å². The Morgan fingerprint density at radius 1 is 1.02 bits per heavy atom. The number of nitrogens with zero attached hydrogens (tertiary/aromatic N) is 2. The number of alkyl halides is 1. The van der Waals surface area contributed by atoms with Crippen LogP contribution in [0.3, 0.4) is 0 Å². The molecule has 1 aromatic carbocycles. The summed E-state index contributed by atoms with van der Waals surface area (Å²) in [6.07, 6.45) is 12.3. The van der Waals surface area contributed by atoms with Gasteiger partial charge in [0.2, 0.25) is 11.8 Å². The Morgan fingerprint density at radius 2 is 1.77 bits per heavy atom. The van der Waals surface area contributed by atoms with Gasteiger partial charge < -0.3 is 20.7 Å². The number of ether oxygens (including phenoxy) is 1. The minimum Gasteiger partial charge on any atom is -0.434 e.